The topological polar surface area (TPSA) is 223 Å². The molecule has 438 valence electrons. The van der Waals surface area contributed by atoms with Gasteiger partial charge in [0.05, 0.1) is 72.2 Å². The molecule has 2 saturated heterocycles. The molecule has 6 atom stereocenters. The maximum absolute atomic E-state index is 14.0. The average molecular weight is 1120 g/mol. The highest BCUT2D eigenvalue weighted by atomic mass is 16.5. The number of benzene rings is 2. The van der Waals surface area contributed by atoms with Gasteiger partial charge in [-0.05, 0) is 138 Å². The van der Waals surface area contributed by atoms with E-state index < -0.39 is 24.2 Å². The molecule has 6 aromatic rings. The van der Waals surface area contributed by atoms with Gasteiger partial charge in [0.15, 0.2) is 5.78 Å². The zero-order valence-electron chi connectivity index (χ0n) is 48.9. The first-order chi connectivity index (χ1) is 39.6. The third-order valence-corrected chi connectivity index (χ3v) is 16.1. The first-order valence-corrected chi connectivity index (χ1v) is 29.3. The molecule has 0 bridgehead atoms. The van der Waals surface area contributed by atoms with Crippen LogP contribution in [-0.4, -0.2) is 149 Å². The van der Waals surface area contributed by atoms with Crippen LogP contribution in [0.3, 0.4) is 0 Å². The number of amides is 5. The molecule has 4 aromatic heterocycles. The van der Waals surface area contributed by atoms with Crippen molar-refractivity contribution in [1.82, 2.24) is 55.5 Å². The fourth-order valence-corrected chi connectivity index (χ4v) is 11.1. The van der Waals surface area contributed by atoms with Gasteiger partial charge in [-0.3, -0.25) is 38.7 Å². The average Bonchev–Trinajstić information content (AvgIpc) is 4.29. The van der Waals surface area contributed by atoms with Crippen molar-refractivity contribution in [2.24, 2.45) is 11.8 Å². The number of carbonyl (C=O) groups is 6. The van der Waals surface area contributed by atoms with E-state index in [1.165, 1.54) is 0 Å². The van der Waals surface area contributed by atoms with Gasteiger partial charge in [0.2, 0.25) is 23.6 Å². The number of nitrogens with one attached hydrogen (secondary N) is 5. The summed E-state index contributed by atoms with van der Waals surface area (Å²) in [5, 5.41) is 16.5. The molecule has 5 amide bonds. The second kappa shape index (κ2) is 28.6. The van der Waals surface area contributed by atoms with Gasteiger partial charge in [0.25, 0.3) is 5.91 Å². The molecule has 5 N–H and O–H groups in total. The molecule has 0 unspecified atom stereocenters. The van der Waals surface area contributed by atoms with Gasteiger partial charge in [-0.25, -0.2) is 0 Å². The maximum Gasteiger partial charge on any atom is 0.251 e. The highest BCUT2D eigenvalue weighted by molar-refractivity contribution is 6.08. The Bertz CT molecular complexity index is 2980. The third kappa shape index (κ3) is 14.3. The molecule has 2 aromatic carbocycles. The number of hydrogen-bond acceptors (Lipinski definition) is 12. The number of carbonyl (C=O) groups excluding carboxylic acids is 6. The summed E-state index contributed by atoms with van der Waals surface area (Å²) in [5.74, 6) is -0.898. The van der Waals surface area contributed by atoms with Crippen LogP contribution in [0.1, 0.15) is 137 Å². The molecule has 0 aliphatic carbocycles. The molecular weight excluding hydrogens is 1040 g/mol. The van der Waals surface area contributed by atoms with Crippen LogP contribution in [0.2, 0.25) is 0 Å². The fraction of sp³-hybridized carbons (Fsp3) is 0.492. The molecule has 2 fully saturated rings. The smallest absolute Gasteiger partial charge is 0.251 e. The Kier molecular flexibility index (Phi) is 21.2. The van der Waals surface area contributed by atoms with Crippen molar-refractivity contribution in [1.29, 1.82) is 0 Å². The van der Waals surface area contributed by atoms with E-state index in [4.69, 9.17) is 9.47 Å². The minimum atomic E-state index is -0.647. The monoisotopic (exact) mass is 1120 g/mol. The maximum atomic E-state index is 14.0. The molecule has 0 saturated carbocycles. The SMILES string of the molecule is CN[C@@H](C)C(=O)N[C@H](C(=O)N1CCC[C@H]1c1cncc(-n2ccc3c(C(=O)CCCCOCCOCCCNC(=O)c4cccc5c4ccn5-c4cncc([C@@H]5CCCN5C(=O)[C@@H](NC(=O)[C@H](C)NC)C(C)C)c4)cccc32)c1)C(C)C. The van der Waals surface area contributed by atoms with Crippen LogP contribution in [0.5, 0.6) is 0 Å². The van der Waals surface area contributed by atoms with Crippen molar-refractivity contribution in [3.63, 3.8) is 0 Å². The standard InChI is InChI=1S/C63H83N11O8/c1-40(2)57(69-59(76)42(5)64-7)62(79)73-26-13-20-52(73)44-34-46(38-66-36-44)71-28-23-48-50(16-11-18-54(48)71)56(75)22-9-10-30-81-32-33-82-31-15-25-68-61(78)51-17-12-19-55-49(51)24-29-72(55)47-35-45(37-67-39-47)53-21-14-27-74(53)63(80)58(41(3)4)70-60(77)43(6)65-8/h11-12,16-19,23-24,28-29,34-43,52-53,57-58,64-65H,9-10,13-15,20-22,25-27,30-33H2,1-8H3,(H,68,78)(H,69,76)(H,70,77)/t42-,43-,52-,53-,57-,58-/m0/s1. The summed E-state index contributed by atoms with van der Waals surface area (Å²) in [6.45, 7) is 14.8. The van der Waals surface area contributed by atoms with Gasteiger partial charge in [0.1, 0.15) is 12.1 Å². The van der Waals surface area contributed by atoms with Gasteiger partial charge in [-0.1, -0.05) is 45.9 Å². The predicted octanol–water partition coefficient (Wildman–Crippen LogP) is 7.40. The first-order valence-electron chi connectivity index (χ1n) is 29.3. The van der Waals surface area contributed by atoms with E-state index in [-0.39, 0.29) is 59.2 Å². The van der Waals surface area contributed by atoms with E-state index in [1.807, 2.05) is 120 Å². The number of unbranched alkanes of at least 4 members (excludes halogenated alkanes) is 1. The van der Waals surface area contributed by atoms with Crippen LogP contribution in [0.4, 0.5) is 0 Å². The van der Waals surface area contributed by atoms with E-state index in [2.05, 4.69) is 48.7 Å². The zero-order chi connectivity index (χ0) is 58.5. The lowest BCUT2D eigenvalue weighted by molar-refractivity contribution is -0.139. The van der Waals surface area contributed by atoms with Crippen molar-refractivity contribution in [3.05, 3.63) is 120 Å². The molecule has 0 spiro atoms. The number of likely N-dealkylation sites (tertiary alicyclic amines) is 2. The van der Waals surface area contributed by atoms with E-state index in [0.29, 0.717) is 76.5 Å². The van der Waals surface area contributed by atoms with Crippen LogP contribution in [0.25, 0.3) is 33.2 Å². The summed E-state index contributed by atoms with van der Waals surface area (Å²) < 4.78 is 15.7. The van der Waals surface area contributed by atoms with Crippen molar-refractivity contribution in [2.75, 3.05) is 60.2 Å². The predicted molar refractivity (Wildman–Crippen MR) is 317 cm³/mol. The second-order valence-electron chi connectivity index (χ2n) is 22.4. The molecule has 82 heavy (non-hydrogen) atoms. The van der Waals surface area contributed by atoms with Crippen LogP contribution < -0.4 is 26.6 Å². The minimum Gasteiger partial charge on any atom is -0.379 e. The lowest BCUT2D eigenvalue weighted by Crippen LogP contribution is -2.54. The third-order valence-electron chi connectivity index (χ3n) is 16.1. The minimum absolute atomic E-state index is 0.0686. The number of rotatable bonds is 28. The molecule has 8 rings (SSSR count). The lowest BCUT2D eigenvalue weighted by Gasteiger charge is -2.32. The number of pyridine rings is 2. The number of fused-ring (bicyclic) bond motifs is 2. The lowest BCUT2D eigenvalue weighted by atomic mass is 10.00. The van der Waals surface area contributed by atoms with E-state index in [9.17, 15) is 28.8 Å². The Morgan fingerprint density at radius 1 is 0.585 bits per heavy atom. The fourth-order valence-electron chi connectivity index (χ4n) is 11.1. The van der Waals surface area contributed by atoms with Crippen LogP contribution in [0.15, 0.2) is 97.8 Å². The van der Waals surface area contributed by atoms with E-state index in [0.717, 1.165) is 76.4 Å². The zero-order valence-corrected chi connectivity index (χ0v) is 48.9. The summed E-state index contributed by atoms with van der Waals surface area (Å²) in [7, 11) is 3.44. The van der Waals surface area contributed by atoms with Crippen LogP contribution >= 0.6 is 0 Å². The summed E-state index contributed by atoms with van der Waals surface area (Å²) in [5.41, 5.74) is 6.47. The van der Waals surface area contributed by atoms with Gasteiger partial charge in [-0.15, -0.1) is 0 Å². The summed E-state index contributed by atoms with van der Waals surface area (Å²) in [6, 6.07) is 17.0. The molecule has 19 heteroatoms. The van der Waals surface area contributed by atoms with Gasteiger partial charge >= 0.3 is 0 Å². The van der Waals surface area contributed by atoms with E-state index >= 15 is 0 Å². The number of ketones is 1. The Morgan fingerprint density at radius 3 is 1.55 bits per heavy atom. The highest BCUT2D eigenvalue weighted by Gasteiger charge is 2.38. The van der Waals surface area contributed by atoms with Gasteiger partial charge in [-0.2, -0.15) is 0 Å². The summed E-state index contributed by atoms with van der Waals surface area (Å²) >= 11 is 0. The quantitative estimate of drug-likeness (QED) is 0.0240. The van der Waals surface area contributed by atoms with Gasteiger partial charge < -0.3 is 55.0 Å². The van der Waals surface area contributed by atoms with Crippen molar-refractivity contribution in [2.45, 2.75) is 129 Å². The molecule has 19 nitrogen and oxygen atoms in total. The van der Waals surface area contributed by atoms with E-state index in [1.54, 1.807) is 40.3 Å². The second-order valence-corrected chi connectivity index (χ2v) is 22.4. The Balaban J connectivity index is 0.747. The normalized spacial score (nSPS) is 16.9. The molecule has 6 heterocycles. The number of likely N-dealkylation sites (N-methyl/N-ethyl adjacent to an activating group) is 2. The molecule has 2 aliphatic rings. The van der Waals surface area contributed by atoms with Crippen molar-refractivity contribution < 1.29 is 38.2 Å². The molecule has 0 radical (unpaired) electrons. The number of aromatic nitrogens is 4. The van der Waals surface area contributed by atoms with Gasteiger partial charge in [0, 0.05) is 86.0 Å². The first kappa shape index (κ1) is 60.8. The number of ether oxygens (including phenoxy) is 2. The number of nitrogens with zero attached hydrogens (tertiary/aromatic N) is 6. The van der Waals surface area contributed by atoms with Crippen molar-refractivity contribution >= 4 is 57.1 Å². The van der Waals surface area contributed by atoms with Crippen LogP contribution in [0, 0.1) is 11.8 Å². The Hall–Kier alpha value is -7.32. The highest BCUT2D eigenvalue weighted by Crippen LogP contribution is 2.36. The number of hydrogen-bond donors (Lipinski definition) is 5. The summed E-state index contributed by atoms with van der Waals surface area (Å²) in [6.07, 6.45) is 16.8. The molecular formula is C63H83N11O8. The van der Waals surface area contributed by atoms with Crippen LogP contribution in [-0.2, 0) is 28.7 Å². The Morgan fingerprint density at radius 2 is 1.06 bits per heavy atom. The largest absolute Gasteiger partial charge is 0.379 e. The summed E-state index contributed by atoms with van der Waals surface area (Å²) in [4.78, 5) is 93.6. The number of Topliss-reactive ketones (excluding diaryl/α,β-unsaturated/α-hetero) is 1. The molecule has 2 aliphatic heterocycles. The van der Waals surface area contributed by atoms with Crippen molar-refractivity contribution in [3.8, 4) is 11.4 Å². The Labute approximate surface area is 481 Å².